The second kappa shape index (κ2) is 13.3. The van der Waals surface area contributed by atoms with Crippen molar-refractivity contribution in [3.8, 4) is 0 Å². The Morgan fingerprint density at radius 1 is 0.800 bits per heavy atom. The summed E-state index contributed by atoms with van der Waals surface area (Å²) in [6.45, 7) is 0.622. The normalized spacial score (nSPS) is 11.3. The molecule has 118 valence electrons. The Kier molecular flexibility index (Phi) is 12.8. The van der Waals surface area contributed by atoms with Crippen LogP contribution in [-0.4, -0.2) is 39.9 Å². The summed E-state index contributed by atoms with van der Waals surface area (Å²) < 4.78 is 15.7. The monoisotopic (exact) mass is 287 g/mol. The Hall–Kier alpha value is -0.740. The third-order valence-corrected chi connectivity index (χ3v) is 3.50. The van der Waals surface area contributed by atoms with Gasteiger partial charge in [-0.05, 0) is 12.8 Å². The molecule has 0 bridgehead atoms. The quantitative estimate of drug-likeness (QED) is 0.212. The number of ether oxygens (including phenoxy) is 3. The van der Waals surface area contributed by atoms with Gasteiger partial charge in [0, 0.05) is 27.8 Å². The largest absolute Gasteiger partial charge is 0.331 e. The molecule has 0 fully saturated rings. The number of aliphatic imine (C=N–C) groups is 1. The van der Waals surface area contributed by atoms with Gasteiger partial charge >= 0.3 is 0 Å². The number of unbranched alkanes of at least 4 members (excludes halogenated alkanes) is 7. The van der Waals surface area contributed by atoms with Crippen LogP contribution in [0.1, 0.15) is 57.8 Å². The lowest BCUT2D eigenvalue weighted by atomic mass is 10.1. The van der Waals surface area contributed by atoms with Crippen molar-refractivity contribution >= 4 is 6.08 Å². The van der Waals surface area contributed by atoms with Crippen LogP contribution in [0.4, 0.5) is 0 Å². The molecule has 0 aliphatic heterocycles. The molecule has 20 heavy (non-hydrogen) atoms. The van der Waals surface area contributed by atoms with E-state index in [-0.39, 0.29) is 0 Å². The highest BCUT2D eigenvalue weighted by molar-refractivity contribution is 5.32. The van der Waals surface area contributed by atoms with E-state index >= 15 is 0 Å². The summed E-state index contributed by atoms with van der Waals surface area (Å²) in [6, 6.07) is 0. The Morgan fingerprint density at radius 2 is 1.25 bits per heavy atom. The fourth-order valence-corrected chi connectivity index (χ4v) is 2.19. The van der Waals surface area contributed by atoms with Crippen LogP contribution in [0.15, 0.2) is 4.99 Å². The van der Waals surface area contributed by atoms with Crippen LogP contribution < -0.4 is 0 Å². The van der Waals surface area contributed by atoms with Gasteiger partial charge in [0.2, 0.25) is 6.08 Å². The van der Waals surface area contributed by atoms with Crippen LogP contribution in [0.5, 0.6) is 0 Å². The summed E-state index contributed by atoms with van der Waals surface area (Å²) in [6.07, 6.45) is 11.6. The molecule has 0 aromatic heterocycles. The molecule has 0 saturated carbocycles. The number of hydrogen-bond donors (Lipinski definition) is 0. The molecule has 0 unspecified atom stereocenters. The number of rotatable bonds is 14. The molecule has 0 saturated heterocycles. The van der Waals surface area contributed by atoms with Crippen molar-refractivity contribution in [2.24, 2.45) is 4.99 Å². The van der Waals surface area contributed by atoms with Crippen LogP contribution in [0.2, 0.25) is 0 Å². The molecule has 0 aliphatic rings. The third-order valence-electron chi connectivity index (χ3n) is 3.50. The summed E-state index contributed by atoms with van der Waals surface area (Å²) in [4.78, 5) is 13.4. The number of isocyanates is 1. The average molecular weight is 287 g/mol. The molecule has 0 aromatic rings. The smallest absolute Gasteiger partial charge is 0.282 e. The molecule has 5 nitrogen and oxygen atoms in total. The molecule has 0 amide bonds. The predicted octanol–water partition coefficient (Wildman–Crippen LogP) is 3.43. The van der Waals surface area contributed by atoms with E-state index in [0.717, 1.165) is 32.1 Å². The lowest BCUT2D eigenvalue weighted by molar-refractivity contribution is -0.355. The zero-order valence-corrected chi connectivity index (χ0v) is 13.2. The highest BCUT2D eigenvalue weighted by atomic mass is 16.9. The Balaban J connectivity index is 3.38. The lowest BCUT2D eigenvalue weighted by Crippen LogP contribution is -2.35. The van der Waals surface area contributed by atoms with Crippen molar-refractivity contribution in [3.63, 3.8) is 0 Å². The van der Waals surface area contributed by atoms with Crippen molar-refractivity contribution in [3.05, 3.63) is 0 Å². The molecule has 0 atom stereocenters. The summed E-state index contributed by atoms with van der Waals surface area (Å²) in [5.41, 5.74) is 0. The minimum atomic E-state index is -0.876. The number of carbonyl (C=O) groups excluding carboxylic acids is 1. The Bertz CT molecular complexity index is 252. The third kappa shape index (κ3) is 9.21. The van der Waals surface area contributed by atoms with Crippen LogP contribution in [0.3, 0.4) is 0 Å². The van der Waals surface area contributed by atoms with Crippen molar-refractivity contribution in [2.45, 2.75) is 63.8 Å². The Labute approximate surface area is 122 Å². The zero-order valence-electron chi connectivity index (χ0n) is 13.2. The highest BCUT2D eigenvalue weighted by Crippen LogP contribution is 2.21. The van der Waals surface area contributed by atoms with Crippen molar-refractivity contribution in [1.82, 2.24) is 0 Å². The molecule has 0 N–H and O–H groups in total. The second-order valence-electron chi connectivity index (χ2n) is 4.85. The van der Waals surface area contributed by atoms with E-state index in [1.165, 1.54) is 25.7 Å². The fourth-order valence-electron chi connectivity index (χ4n) is 2.19. The van der Waals surface area contributed by atoms with E-state index in [9.17, 15) is 4.79 Å². The van der Waals surface area contributed by atoms with Crippen molar-refractivity contribution < 1.29 is 19.0 Å². The maximum absolute atomic E-state index is 9.86. The maximum Gasteiger partial charge on any atom is 0.282 e. The van der Waals surface area contributed by atoms with Gasteiger partial charge in [-0.1, -0.05) is 38.5 Å². The zero-order chi connectivity index (χ0) is 15.1. The molecule has 0 rings (SSSR count). The summed E-state index contributed by atoms with van der Waals surface area (Å²) in [7, 11) is 4.80. The Morgan fingerprint density at radius 3 is 1.70 bits per heavy atom. The average Bonchev–Trinajstić information content (AvgIpc) is 2.49. The van der Waals surface area contributed by atoms with E-state index in [1.54, 1.807) is 27.4 Å². The van der Waals surface area contributed by atoms with Gasteiger partial charge in [0.1, 0.15) is 0 Å². The van der Waals surface area contributed by atoms with E-state index in [0.29, 0.717) is 6.54 Å². The molecule has 0 heterocycles. The van der Waals surface area contributed by atoms with Crippen LogP contribution in [0.25, 0.3) is 0 Å². The van der Waals surface area contributed by atoms with Gasteiger partial charge in [-0.2, -0.15) is 0 Å². The number of nitrogens with zero attached hydrogens (tertiary/aromatic N) is 1. The first-order valence-electron chi connectivity index (χ1n) is 7.43. The molecule has 0 aliphatic carbocycles. The van der Waals surface area contributed by atoms with Gasteiger partial charge in [0.25, 0.3) is 5.97 Å². The van der Waals surface area contributed by atoms with Gasteiger partial charge in [-0.15, -0.1) is 0 Å². The van der Waals surface area contributed by atoms with Gasteiger partial charge in [-0.25, -0.2) is 9.79 Å². The summed E-state index contributed by atoms with van der Waals surface area (Å²) >= 11 is 0. The van der Waals surface area contributed by atoms with Gasteiger partial charge in [-0.3, -0.25) is 0 Å². The maximum atomic E-state index is 9.86. The van der Waals surface area contributed by atoms with Crippen molar-refractivity contribution in [2.75, 3.05) is 27.9 Å². The standard InChI is InChI=1S/C15H29NO4/c1-18-15(19-2,20-3)12-10-8-6-4-5-7-9-11-13-16-14-17/h4-13H2,1-3H3. The molecular formula is C15H29NO4. The SMILES string of the molecule is COC(CCCCCCCCCCN=C=O)(OC)OC. The first kappa shape index (κ1) is 19.3. The van der Waals surface area contributed by atoms with E-state index in [1.807, 2.05) is 0 Å². The van der Waals surface area contributed by atoms with Crippen LogP contribution in [-0.2, 0) is 19.0 Å². The highest BCUT2D eigenvalue weighted by Gasteiger charge is 2.28. The molecule has 0 spiro atoms. The fraction of sp³-hybridized carbons (Fsp3) is 0.933. The molecular weight excluding hydrogens is 258 g/mol. The van der Waals surface area contributed by atoms with Gasteiger partial charge in [0.15, 0.2) is 0 Å². The second-order valence-corrected chi connectivity index (χ2v) is 4.85. The first-order chi connectivity index (χ1) is 9.74. The van der Waals surface area contributed by atoms with Crippen LogP contribution in [0, 0.1) is 0 Å². The number of hydrogen-bond acceptors (Lipinski definition) is 5. The molecule has 5 heteroatoms. The van der Waals surface area contributed by atoms with Crippen molar-refractivity contribution in [1.29, 1.82) is 0 Å². The van der Waals surface area contributed by atoms with E-state index in [2.05, 4.69) is 4.99 Å². The van der Waals surface area contributed by atoms with Crippen LogP contribution >= 0.6 is 0 Å². The van der Waals surface area contributed by atoms with E-state index in [4.69, 9.17) is 14.2 Å². The summed E-state index contributed by atoms with van der Waals surface area (Å²) in [5.74, 6) is -0.876. The van der Waals surface area contributed by atoms with E-state index < -0.39 is 5.97 Å². The number of methoxy groups -OCH3 is 3. The first-order valence-corrected chi connectivity index (χ1v) is 7.43. The lowest BCUT2D eigenvalue weighted by Gasteiger charge is -2.28. The molecule has 0 aromatic carbocycles. The minimum Gasteiger partial charge on any atom is -0.331 e. The van der Waals surface area contributed by atoms with Gasteiger partial charge in [0.05, 0.1) is 6.54 Å². The topological polar surface area (TPSA) is 57.1 Å². The minimum absolute atomic E-state index is 0.622. The van der Waals surface area contributed by atoms with Gasteiger partial charge < -0.3 is 14.2 Å². The summed E-state index contributed by atoms with van der Waals surface area (Å²) in [5, 5.41) is 0. The molecule has 0 radical (unpaired) electrons. The predicted molar refractivity (Wildman–Crippen MR) is 78.3 cm³/mol.